The van der Waals surface area contributed by atoms with Gasteiger partial charge in [0.15, 0.2) is 0 Å². The number of carbonyl (C=O) groups is 5. The van der Waals surface area contributed by atoms with E-state index in [9.17, 15) is 59.1 Å². The lowest BCUT2D eigenvalue weighted by Gasteiger charge is -2.39. The molecule has 10 rings (SSSR count). The molecule has 108 heavy (non-hydrogen) atoms. The summed E-state index contributed by atoms with van der Waals surface area (Å²) in [6.45, 7) is 19.2. The molecule has 28 heteroatoms. The summed E-state index contributed by atoms with van der Waals surface area (Å²) in [5.74, 6) is -1.92. The molecule has 0 spiro atoms. The second kappa shape index (κ2) is 36.2. The number of thioether (sulfide) groups is 1. The summed E-state index contributed by atoms with van der Waals surface area (Å²) in [7, 11) is -9.19. The van der Waals surface area contributed by atoms with Crippen LogP contribution >= 0.6 is 34.7 Å². The number of nitrogens with one attached hydrogen (secondary N) is 4. The van der Waals surface area contributed by atoms with Gasteiger partial charge in [0.25, 0.3) is 25.8 Å². The Labute approximate surface area is 647 Å². The van der Waals surface area contributed by atoms with E-state index < -0.39 is 88.2 Å². The lowest BCUT2D eigenvalue weighted by Crippen LogP contribution is -2.57. The highest BCUT2D eigenvalue weighted by molar-refractivity contribution is 7.99. The Hall–Kier alpha value is -7.37. The first-order valence-electron chi connectivity index (χ1n) is 37.2. The van der Waals surface area contributed by atoms with Gasteiger partial charge < -0.3 is 40.7 Å². The number of aromatic nitrogens is 1. The molecule has 1 aliphatic carbocycles. The smallest absolute Gasteiger partial charge is 0.391 e. The minimum Gasteiger partial charge on any atom is -0.391 e. The van der Waals surface area contributed by atoms with E-state index in [0.717, 1.165) is 83.3 Å². The molecule has 0 bridgehead atoms. The van der Waals surface area contributed by atoms with E-state index in [4.69, 9.17) is 11.6 Å². The number of aliphatic hydroxyl groups excluding tert-OH is 1. The standard InChI is InChI=1S/C80H102ClF3N10O10S4/c1-53(55-20-22-57(23-21-55)73-54(2)85-52-106-73)86-76(99)69-46-64(95)50-94(69)77(100)74(78(3,4)5)88-71(96)18-14-9-10-15-19-72(97)93-40-36-62(37-41-93)90(8)39-35-61(51-105-65-16-12-11-13-17-65)87-68-33-32-66(47-70(68)107(101,102)80(82,83)84)108(103,104)89-75(98)58-26-30-63(31-27-58)92-44-42-91(43-45-92)49-59-48-79(6,7)38-34-67(59)56-24-28-60(81)29-25-56/h11-13,16-17,20-33,47,52-53,61-62,64,69,74,87,95H,9-10,14-15,18-19,34-46,48-51H2,1-8H3,(H,86,99)(H,88,96)(H,89,98)/t53-,61+,64+,69-,74+/m0/s1. The van der Waals surface area contributed by atoms with Crippen molar-refractivity contribution in [2.75, 3.05) is 81.9 Å². The molecule has 0 unspecified atom stereocenters. The lowest BCUT2D eigenvalue weighted by atomic mass is 9.73. The first kappa shape index (κ1) is 83.1. The Kier molecular flexibility index (Phi) is 27.9. The summed E-state index contributed by atoms with van der Waals surface area (Å²) in [5.41, 5.74) is 2.60. The number of hydrogen-bond acceptors (Lipinski definition) is 17. The van der Waals surface area contributed by atoms with Gasteiger partial charge in [-0.15, -0.1) is 23.1 Å². The highest BCUT2D eigenvalue weighted by Crippen LogP contribution is 2.44. The number of benzene rings is 5. The molecule has 4 aliphatic rings. The number of anilines is 2. The lowest BCUT2D eigenvalue weighted by molar-refractivity contribution is -0.144. The van der Waals surface area contributed by atoms with Crippen molar-refractivity contribution in [3.05, 3.63) is 160 Å². The van der Waals surface area contributed by atoms with Crippen molar-refractivity contribution in [1.29, 1.82) is 0 Å². The molecule has 5 aromatic carbocycles. The van der Waals surface area contributed by atoms with E-state index in [0.29, 0.717) is 95.2 Å². The molecule has 20 nitrogen and oxygen atoms in total. The Bertz CT molecular complexity index is 4380. The number of thiazole rings is 1. The minimum absolute atomic E-state index is 0.0158. The molecule has 0 saturated carbocycles. The van der Waals surface area contributed by atoms with E-state index in [1.807, 2.05) is 118 Å². The molecule has 3 aliphatic heterocycles. The van der Waals surface area contributed by atoms with Crippen LogP contribution in [0.3, 0.4) is 0 Å². The molecule has 1 aromatic heterocycles. The number of piperazine rings is 1. The Morgan fingerprint density at radius 3 is 2.11 bits per heavy atom. The normalized spacial score (nSPS) is 18.6. The topological polar surface area (TPSA) is 251 Å². The number of hydrogen-bond donors (Lipinski definition) is 5. The fourth-order valence-electron chi connectivity index (χ4n) is 14.7. The van der Waals surface area contributed by atoms with E-state index in [-0.39, 0.29) is 60.0 Å². The Balaban J connectivity index is 0.677. The quantitative estimate of drug-likeness (QED) is 0.0208. The molecular formula is C80H102ClF3N10O10S4. The average molecular weight is 1580 g/mol. The maximum Gasteiger partial charge on any atom is 0.501 e. The molecule has 4 heterocycles. The summed E-state index contributed by atoms with van der Waals surface area (Å²) in [6, 6.07) is 31.0. The number of carbonyl (C=O) groups excluding carboxylic acids is 5. The third-order valence-corrected chi connectivity index (χ3v) is 26.4. The summed E-state index contributed by atoms with van der Waals surface area (Å²) < 4.78 is 101. The third-order valence-electron chi connectivity index (χ3n) is 21.2. The van der Waals surface area contributed by atoms with Crippen LogP contribution < -0.4 is 25.6 Å². The van der Waals surface area contributed by atoms with Crippen LogP contribution in [0, 0.1) is 17.8 Å². The van der Waals surface area contributed by atoms with Gasteiger partial charge in [0, 0.05) is 117 Å². The van der Waals surface area contributed by atoms with Gasteiger partial charge >= 0.3 is 5.51 Å². The van der Waals surface area contributed by atoms with Crippen LogP contribution in [-0.2, 0) is 39.0 Å². The van der Waals surface area contributed by atoms with Crippen LogP contribution in [-0.4, -0.2) is 184 Å². The van der Waals surface area contributed by atoms with Crippen LogP contribution in [0.5, 0.6) is 0 Å². The van der Waals surface area contributed by atoms with Crippen LogP contribution in [0.25, 0.3) is 16.0 Å². The van der Waals surface area contributed by atoms with Gasteiger partial charge in [-0.3, -0.25) is 28.9 Å². The van der Waals surface area contributed by atoms with Crippen molar-refractivity contribution in [3.8, 4) is 10.4 Å². The van der Waals surface area contributed by atoms with Gasteiger partial charge in [-0.2, -0.15) is 13.2 Å². The molecule has 6 aromatic rings. The number of sulfone groups is 1. The number of aliphatic hydroxyl groups is 1. The van der Waals surface area contributed by atoms with E-state index in [2.05, 4.69) is 61.6 Å². The monoisotopic (exact) mass is 1580 g/mol. The average Bonchev–Trinajstić information content (AvgIpc) is 0.835. The number of β-amino-alcohol motifs (C(OH)–C–C–N with tert-alkyl or cyclic N) is 1. The fraction of sp³-hybridized carbons (Fsp3) is 0.500. The number of amides is 5. The van der Waals surface area contributed by atoms with Gasteiger partial charge in [-0.1, -0.05) is 119 Å². The first-order chi connectivity index (χ1) is 51.1. The van der Waals surface area contributed by atoms with E-state index in [1.54, 1.807) is 29.0 Å². The Morgan fingerprint density at radius 1 is 0.815 bits per heavy atom. The van der Waals surface area contributed by atoms with Crippen LogP contribution in [0.4, 0.5) is 24.5 Å². The number of likely N-dealkylation sites (tertiary alicyclic amines) is 2. The maximum absolute atomic E-state index is 14.6. The van der Waals surface area contributed by atoms with Crippen molar-refractivity contribution >= 4 is 101 Å². The zero-order valence-corrected chi connectivity index (χ0v) is 66.8. The Morgan fingerprint density at radius 2 is 1.47 bits per heavy atom. The van der Waals surface area contributed by atoms with Crippen molar-refractivity contribution in [2.24, 2.45) is 10.8 Å². The van der Waals surface area contributed by atoms with Crippen molar-refractivity contribution in [3.63, 3.8) is 0 Å². The number of nitrogens with zero attached hydrogens (tertiary/aromatic N) is 6. The van der Waals surface area contributed by atoms with E-state index in [1.165, 1.54) is 45.5 Å². The van der Waals surface area contributed by atoms with E-state index >= 15 is 0 Å². The van der Waals surface area contributed by atoms with Crippen molar-refractivity contribution in [1.82, 2.24) is 39.9 Å². The van der Waals surface area contributed by atoms with Crippen LogP contribution in [0.1, 0.15) is 158 Å². The van der Waals surface area contributed by atoms with Gasteiger partial charge in [0.1, 0.15) is 17.0 Å². The molecule has 5 N–H and O–H groups in total. The van der Waals surface area contributed by atoms with Crippen LogP contribution in [0.15, 0.2) is 147 Å². The third kappa shape index (κ3) is 21.8. The summed E-state index contributed by atoms with van der Waals surface area (Å²) in [6.07, 6.45) is 6.83. The fourth-order valence-corrected chi connectivity index (χ4v) is 18.7. The van der Waals surface area contributed by atoms with Crippen LogP contribution in [0.2, 0.25) is 5.02 Å². The van der Waals surface area contributed by atoms with Gasteiger partial charge in [-0.05, 0) is 172 Å². The summed E-state index contributed by atoms with van der Waals surface area (Å²) in [5, 5.41) is 20.5. The number of halogens is 4. The predicted molar refractivity (Wildman–Crippen MR) is 421 cm³/mol. The molecule has 0 radical (unpaired) electrons. The zero-order valence-electron chi connectivity index (χ0n) is 62.8. The van der Waals surface area contributed by atoms with Gasteiger partial charge in [0.05, 0.1) is 38.8 Å². The number of allylic oxidation sites excluding steroid dienone is 1. The van der Waals surface area contributed by atoms with Crippen molar-refractivity contribution < 1.29 is 59.1 Å². The molecule has 3 saturated heterocycles. The second-order valence-electron chi connectivity index (χ2n) is 30.9. The molecule has 5 atom stereocenters. The number of unbranched alkanes of at least 4 members (excludes halogenated alkanes) is 3. The summed E-state index contributed by atoms with van der Waals surface area (Å²) in [4.78, 5) is 82.8. The molecule has 584 valence electrons. The predicted octanol–water partition coefficient (Wildman–Crippen LogP) is 13.6. The molecule has 5 amide bonds. The zero-order chi connectivity index (χ0) is 77.9. The SMILES string of the molecule is Cc1ncsc1-c1ccc([C@H](C)NC(=O)[C@@H]2C[C@@H](O)CN2C(=O)[C@@H](NC(=O)CCCCCCC(=O)N2CCC(N(C)CC[C@H](CSc3ccccc3)Nc3ccc(S(=O)(=O)NC(=O)c4ccc(N5CCN(CC6=C(c7ccc(Cl)cc7)CCC(C)(C)C6)CC5)cc4)cc3S(=O)(=O)C(F)(F)F)CC2)C(C)(C)C)cc1. The maximum atomic E-state index is 14.6. The van der Waals surface area contributed by atoms with Crippen molar-refractivity contribution in [2.45, 2.75) is 188 Å². The van der Waals surface area contributed by atoms with Gasteiger partial charge in [-0.25, -0.2) is 26.5 Å². The second-order valence-corrected chi connectivity index (χ2v) is 36.9. The number of aryl methyl sites for hydroxylation is 1. The number of sulfonamides is 1. The number of piperidine rings is 1. The number of rotatable bonds is 30. The van der Waals surface area contributed by atoms with Gasteiger partial charge in [0.2, 0.25) is 23.6 Å². The number of alkyl halides is 3. The summed E-state index contributed by atoms with van der Waals surface area (Å²) >= 11 is 9.19. The molecule has 3 fully saturated rings. The minimum atomic E-state index is -6.18. The highest BCUT2D eigenvalue weighted by atomic mass is 35.5. The molecular weight excluding hydrogens is 1480 g/mol. The first-order valence-corrected chi connectivity index (χ1v) is 42.4. The highest BCUT2D eigenvalue weighted by Gasteiger charge is 2.49. The largest absolute Gasteiger partial charge is 0.501 e.